The average Bonchev–Trinajstić information content (AvgIpc) is 2.53. The summed E-state index contributed by atoms with van der Waals surface area (Å²) < 4.78 is 5.34. The molecule has 0 saturated heterocycles. The van der Waals surface area contributed by atoms with Crippen molar-refractivity contribution in [3.05, 3.63) is 17.0 Å². The summed E-state index contributed by atoms with van der Waals surface area (Å²) in [6, 6.07) is 0.374. The van der Waals surface area contributed by atoms with Gasteiger partial charge >= 0.3 is 0 Å². The Bertz CT molecular complexity index is 277. The van der Waals surface area contributed by atoms with Gasteiger partial charge in [0.1, 0.15) is 0 Å². The molecule has 1 atom stereocenters. The third kappa shape index (κ3) is 3.64. The SMILES string of the molecule is CCOCC(C)NCc1c(C)n[nH]c1C. The van der Waals surface area contributed by atoms with Crippen molar-refractivity contribution >= 4 is 0 Å². The maximum Gasteiger partial charge on any atom is 0.0638 e. The molecule has 86 valence electrons. The third-order valence-corrected chi connectivity index (χ3v) is 2.48. The molecule has 0 saturated carbocycles. The first kappa shape index (κ1) is 12.2. The highest BCUT2D eigenvalue weighted by atomic mass is 16.5. The summed E-state index contributed by atoms with van der Waals surface area (Å²) in [6.45, 7) is 10.6. The summed E-state index contributed by atoms with van der Waals surface area (Å²) in [5, 5.41) is 10.6. The van der Waals surface area contributed by atoms with Gasteiger partial charge in [-0.05, 0) is 27.7 Å². The van der Waals surface area contributed by atoms with Crippen molar-refractivity contribution in [1.82, 2.24) is 15.5 Å². The van der Waals surface area contributed by atoms with Crippen molar-refractivity contribution in [1.29, 1.82) is 0 Å². The van der Waals surface area contributed by atoms with Crippen LogP contribution in [-0.2, 0) is 11.3 Å². The Hall–Kier alpha value is -0.870. The van der Waals surface area contributed by atoms with E-state index in [1.54, 1.807) is 0 Å². The molecule has 15 heavy (non-hydrogen) atoms. The number of aromatic nitrogens is 2. The summed E-state index contributed by atoms with van der Waals surface area (Å²) >= 11 is 0. The second-order valence-corrected chi connectivity index (χ2v) is 3.85. The number of hydrogen-bond acceptors (Lipinski definition) is 3. The van der Waals surface area contributed by atoms with Gasteiger partial charge in [0.05, 0.1) is 12.3 Å². The molecule has 1 rings (SSSR count). The molecule has 0 bridgehead atoms. The van der Waals surface area contributed by atoms with Gasteiger partial charge < -0.3 is 10.1 Å². The van der Waals surface area contributed by atoms with Crippen LogP contribution in [0.1, 0.15) is 30.8 Å². The largest absolute Gasteiger partial charge is 0.380 e. The Morgan fingerprint density at radius 3 is 2.73 bits per heavy atom. The first-order valence-corrected chi connectivity index (χ1v) is 5.46. The highest BCUT2D eigenvalue weighted by molar-refractivity contribution is 5.22. The topological polar surface area (TPSA) is 49.9 Å². The molecule has 1 heterocycles. The molecule has 0 aliphatic rings. The van der Waals surface area contributed by atoms with Gasteiger partial charge in [0, 0.05) is 30.5 Å². The van der Waals surface area contributed by atoms with E-state index in [2.05, 4.69) is 22.4 Å². The number of aryl methyl sites for hydroxylation is 2. The molecule has 0 spiro atoms. The molecule has 1 aromatic rings. The van der Waals surface area contributed by atoms with Crippen LogP contribution in [0.4, 0.5) is 0 Å². The highest BCUT2D eigenvalue weighted by Gasteiger charge is 2.07. The minimum absolute atomic E-state index is 0.374. The monoisotopic (exact) mass is 211 g/mol. The average molecular weight is 211 g/mol. The summed E-state index contributed by atoms with van der Waals surface area (Å²) in [4.78, 5) is 0. The van der Waals surface area contributed by atoms with Crippen molar-refractivity contribution in [2.75, 3.05) is 13.2 Å². The number of H-pyrrole nitrogens is 1. The fourth-order valence-corrected chi connectivity index (χ4v) is 1.46. The number of hydrogen-bond donors (Lipinski definition) is 2. The van der Waals surface area contributed by atoms with Crippen molar-refractivity contribution in [2.45, 2.75) is 40.3 Å². The fourth-order valence-electron chi connectivity index (χ4n) is 1.46. The Labute approximate surface area is 91.4 Å². The maximum atomic E-state index is 5.34. The van der Waals surface area contributed by atoms with Crippen LogP contribution in [0, 0.1) is 13.8 Å². The summed E-state index contributed by atoms with van der Waals surface area (Å²) in [6.07, 6.45) is 0. The Morgan fingerprint density at radius 2 is 2.20 bits per heavy atom. The van der Waals surface area contributed by atoms with E-state index >= 15 is 0 Å². The molecule has 4 nitrogen and oxygen atoms in total. The zero-order chi connectivity index (χ0) is 11.3. The molecule has 4 heteroatoms. The minimum Gasteiger partial charge on any atom is -0.380 e. The Morgan fingerprint density at radius 1 is 1.47 bits per heavy atom. The van der Waals surface area contributed by atoms with E-state index in [9.17, 15) is 0 Å². The molecular weight excluding hydrogens is 190 g/mol. The fraction of sp³-hybridized carbons (Fsp3) is 0.727. The zero-order valence-corrected chi connectivity index (χ0v) is 10.1. The van der Waals surface area contributed by atoms with Crippen molar-refractivity contribution in [3.8, 4) is 0 Å². The van der Waals surface area contributed by atoms with E-state index in [1.165, 1.54) is 5.56 Å². The normalized spacial score (nSPS) is 13.1. The molecule has 0 amide bonds. The predicted molar refractivity (Wildman–Crippen MR) is 60.9 cm³/mol. The van der Waals surface area contributed by atoms with E-state index in [1.807, 2.05) is 20.8 Å². The molecular formula is C11H21N3O. The molecule has 0 fully saturated rings. The number of nitrogens with one attached hydrogen (secondary N) is 2. The van der Waals surface area contributed by atoms with Crippen LogP contribution in [0.3, 0.4) is 0 Å². The van der Waals surface area contributed by atoms with Crippen molar-refractivity contribution < 1.29 is 4.74 Å². The van der Waals surface area contributed by atoms with Gasteiger partial charge in [0.15, 0.2) is 0 Å². The third-order valence-electron chi connectivity index (χ3n) is 2.48. The smallest absolute Gasteiger partial charge is 0.0638 e. The molecule has 0 radical (unpaired) electrons. The molecule has 0 aliphatic carbocycles. The van der Waals surface area contributed by atoms with Crippen LogP contribution < -0.4 is 5.32 Å². The van der Waals surface area contributed by atoms with Gasteiger partial charge in [-0.2, -0.15) is 5.10 Å². The van der Waals surface area contributed by atoms with Crippen LogP contribution >= 0.6 is 0 Å². The van der Waals surface area contributed by atoms with Crippen LogP contribution in [0.25, 0.3) is 0 Å². The van der Waals surface area contributed by atoms with Crippen LogP contribution in [0.2, 0.25) is 0 Å². The minimum atomic E-state index is 0.374. The lowest BCUT2D eigenvalue weighted by Gasteiger charge is -2.13. The van der Waals surface area contributed by atoms with Crippen LogP contribution in [0.15, 0.2) is 0 Å². The summed E-state index contributed by atoms with van der Waals surface area (Å²) in [5.41, 5.74) is 3.48. The van der Waals surface area contributed by atoms with Crippen LogP contribution in [0.5, 0.6) is 0 Å². The Balaban J connectivity index is 2.36. The quantitative estimate of drug-likeness (QED) is 0.750. The lowest BCUT2D eigenvalue weighted by molar-refractivity contribution is 0.127. The van der Waals surface area contributed by atoms with E-state index in [0.717, 1.165) is 31.1 Å². The predicted octanol–water partition coefficient (Wildman–Crippen LogP) is 1.54. The van der Waals surface area contributed by atoms with Gasteiger partial charge in [-0.1, -0.05) is 0 Å². The summed E-state index contributed by atoms with van der Waals surface area (Å²) in [5.74, 6) is 0. The van der Waals surface area contributed by atoms with E-state index < -0.39 is 0 Å². The first-order chi connectivity index (χ1) is 7.15. The second-order valence-electron chi connectivity index (χ2n) is 3.85. The van der Waals surface area contributed by atoms with E-state index in [0.29, 0.717) is 6.04 Å². The molecule has 1 aromatic heterocycles. The Kier molecular flexibility index (Phi) is 4.78. The molecule has 0 aliphatic heterocycles. The maximum absolute atomic E-state index is 5.34. The standard InChI is InChI=1S/C11H21N3O/c1-5-15-7-8(2)12-6-11-9(3)13-14-10(11)4/h8,12H,5-7H2,1-4H3,(H,13,14). The lowest BCUT2D eigenvalue weighted by Crippen LogP contribution is -2.30. The number of aromatic amines is 1. The van der Waals surface area contributed by atoms with Crippen LogP contribution in [-0.4, -0.2) is 29.5 Å². The number of rotatable bonds is 6. The highest BCUT2D eigenvalue weighted by Crippen LogP contribution is 2.08. The van der Waals surface area contributed by atoms with Crippen molar-refractivity contribution in [3.63, 3.8) is 0 Å². The van der Waals surface area contributed by atoms with Gasteiger partial charge in [-0.25, -0.2) is 0 Å². The second kappa shape index (κ2) is 5.88. The van der Waals surface area contributed by atoms with Gasteiger partial charge in [0.25, 0.3) is 0 Å². The summed E-state index contributed by atoms with van der Waals surface area (Å²) in [7, 11) is 0. The number of ether oxygens (including phenoxy) is 1. The number of nitrogens with zero attached hydrogens (tertiary/aromatic N) is 1. The lowest BCUT2D eigenvalue weighted by atomic mass is 10.2. The molecule has 1 unspecified atom stereocenters. The molecule has 0 aromatic carbocycles. The molecule has 2 N–H and O–H groups in total. The van der Waals surface area contributed by atoms with Gasteiger partial charge in [-0.15, -0.1) is 0 Å². The zero-order valence-electron chi connectivity index (χ0n) is 10.1. The van der Waals surface area contributed by atoms with Gasteiger partial charge in [0.2, 0.25) is 0 Å². The van der Waals surface area contributed by atoms with Gasteiger partial charge in [-0.3, -0.25) is 5.10 Å². The van der Waals surface area contributed by atoms with E-state index in [-0.39, 0.29) is 0 Å². The van der Waals surface area contributed by atoms with E-state index in [4.69, 9.17) is 4.74 Å². The van der Waals surface area contributed by atoms with Crippen molar-refractivity contribution in [2.24, 2.45) is 0 Å². The first-order valence-electron chi connectivity index (χ1n) is 5.46.